The summed E-state index contributed by atoms with van der Waals surface area (Å²) in [5.74, 6) is -6.34. The Labute approximate surface area is 269 Å². The number of ketones is 1. The molecular weight excluding hydrogens is 596 g/mol. The average molecular weight is 641 g/mol. The van der Waals surface area contributed by atoms with Crippen LogP contribution in [0.25, 0.3) is 0 Å². The third kappa shape index (κ3) is 8.10. The second-order valence-electron chi connectivity index (χ2n) is 12.8. The highest BCUT2D eigenvalue weighted by atomic mass is 16.6. The Morgan fingerprint density at radius 1 is 0.826 bits per heavy atom. The summed E-state index contributed by atoms with van der Waals surface area (Å²) in [6.45, 7) is 15.7. The molecule has 250 valence electrons. The van der Waals surface area contributed by atoms with Gasteiger partial charge in [-0.05, 0) is 43.9 Å². The van der Waals surface area contributed by atoms with Gasteiger partial charge in [-0.3, -0.25) is 24.0 Å². The maximum absolute atomic E-state index is 13.8. The third-order valence-corrected chi connectivity index (χ3v) is 8.48. The van der Waals surface area contributed by atoms with Crippen LogP contribution in [0.15, 0.2) is 54.6 Å². The normalized spacial score (nSPS) is 31.6. The zero-order chi connectivity index (χ0) is 34.6. The van der Waals surface area contributed by atoms with Gasteiger partial charge in [0.15, 0.2) is 17.5 Å². The van der Waals surface area contributed by atoms with E-state index in [1.54, 1.807) is 70.2 Å². The molecule has 0 heterocycles. The van der Waals surface area contributed by atoms with E-state index in [4.69, 9.17) is 23.7 Å². The van der Waals surface area contributed by atoms with Crippen LogP contribution in [0.4, 0.5) is 0 Å². The second kappa shape index (κ2) is 14.4. The first-order chi connectivity index (χ1) is 21.4. The lowest BCUT2D eigenvalue weighted by Gasteiger charge is -2.46. The number of hydrogen-bond acceptors (Lipinski definition) is 11. The van der Waals surface area contributed by atoms with Gasteiger partial charge in [0, 0.05) is 45.4 Å². The molecule has 1 fully saturated rings. The van der Waals surface area contributed by atoms with Crippen molar-refractivity contribution in [3.63, 3.8) is 0 Å². The Hall–Kier alpha value is -4.28. The molecule has 11 heteroatoms. The number of Topliss-reactive ketones (excluding diaryl/α,β-unsaturated/α-hetero) is 1. The summed E-state index contributed by atoms with van der Waals surface area (Å²) < 4.78 is 29.6. The minimum atomic E-state index is -1.71. The number of carbonyl (C=O) groups is 6. The molecule has 0 saturated heterocycles. The molecule has 2 aliphatic carbocycles. The van der Waals surface area contributed by atoms with Crippen LogP contribution in [0, 0.1) is 23.2 Å². The molecule has 8 atom stereocenters. The molecule has 46 heavy (non-hydrogen) atoms. The van der Waals surface area contributed by atoms with E-state index in [1.165, 1.54) is 27.7 Å². The van der Waals surface area contributed by atoms with Crippen molar-refractivity contribution in [1.29, 1.82) is 0 Å². The van der Waals surface area contributed by atoms with Gasteiger partial charge in [0.25, 0.3) is 0 Å². The first kappa shape index (κ1) is 36.2. The van der Waals surface area contributed by atoms with Crippen LogP contribution >= 0.6 is 0 Å². The first-order valence-electron chi connectivity index (χ1n) is 15.3. The summed E-state index contributed by atoms with van der Waals surface area (Å²) >= 11 is 0. The molecule has 11 nitrogen and oxygen atoms in total. The highest BCUT2D eigenvalue weighted by Crippen LogP contribution is 2.53. The van der Waals surface area contributed by atoms with Crippen LogP contribution in [0.2, 0.25) is 0 Å². The Bertz CT molecular complexity index is 1390. The largest absolute Gasteiger partial charge is 0.458 e. The van der Waals surface area contributed by atoms with Crippen molar-refractivity contribution < 1.29 is 52.5 Å². The van der Waals surface area contributed by atoms with E-state index < -0.39 is 88.8 Å². The minimum absolute atomic E-state index is 0.0425. The molecule has 0 spiro atoms. The standard InChI is InChI=1S/C35H44O11/c1-19-15-16-34(8,9)31(40)27(42-22(4)36)17-20(2)29(43-23(5)37)28-30(45-33(41)26-13-11-10-12-14-26)21(3)18-35(28,46-25(7)39)32(19)44-24(6)38/h10-16,19,21,27-30,32H,2,17-18H2,1,3-9H3/b16-15+/t19-,21+,27?,28-,29-,30-,32+,35+/m0/s1. The zero-order valence-electron chi connectivity index (χ0n) is 27.7. The number of benzene rings is 1. The summed E-state index contributed by atoms with van der Waals surface area (Å²) in [5, 5.41) is 0. The second-order valence-corrected chi connectivity index (χ2v) is 12.8. The Balaban J connectivity index is 2.38. The average Bonchev–Trinajstić information content (AvgIpc) is 3.21. The molecule has 1 aromatic carbocycles. The van der Waals surface area contributed by atoms with Gasteiger partial charge in [-0.25, -0.2) is 4.79 Å². The van der Waals surface area contributed by atoms with Crippen molar-refractivity contribution >= 4 is 35.6 Å². The molecule has 0 radical (unpaired) electrons. The fraction of sp³-hybridized carbons (Fsp3) is 0.543. The molecule has 1 saturated carbocycles. The predicted octanol–water partition coefficient (Wildman–Crippen LogP) is 4.71. The Morgan fingerprint density at radius 3 is 1.96 bits per heavy atom. The number of allylic oxidation sites excluding steroid dienone is 1. The van der Waals surface area contributed by atoms with Crippen molar-refractivity contribution in [1.82, 2.24) is 0 Å². The van der Waals surface area contributed by atoms with E-state index in [0.717, 1.165) is 0 Å². The topological polar surface area (TPSA) is 149 Å². The monoisotopic (exact) mass is 640 g/mol. The number of esters is 5. The zero-order valence-corrected chi connectivity index (χ0v) is 27.7. The molecule has 3 rings (SSSR count). The van der Waals surface area contributed by atoms with E-state index in [0.29, 0.717) is 0 Å². The van der Waals surface area contributed by atoms with E-state index >= 15 is 0 Å². The summed E-state index contributed by atoms with van der Waals surface area (Å²) in [6, 6.07) is 8.26. The van der Waals surface area contributed by atoms with Gasteiger partial charge in [0.1, 0.15) is 18.3 Å². The highest BCUT2D eigenvalue weighted by Gasteiger charge is 2.66. The number of hydrogen-bond donors (Lipinski definition) is 0. The van der Waals surface area contributed by atoms with Crippen molar-refractivity contribution in [3.05, 3.63) is 60.2 Å². The molecule has 0 bridgehead atoms. The van der Waals surface area contributed by atoms with E-state index in [-0.39, 0.29) is 24.0 Å². The third-order valence-electron chi connectivity index (χ3n) is 8.48. The summed E-state index contributed by atoms with van der Waals surface area (Å²) in [7, 11) is 0. The lowest BCUT2D eigenvalue weighted by Crippen LogP contribution is -2.59. The van der Waals surface area contributed by atoms with Gasteiger partial charge in [-0.1, -0.05) is 50.8 Å². The predicted molar refractivity (Wildman–Crippen MR) is 165 cm³/mol. The number of fused-ring (bicyclic) bond motifs is 1. The van der Waals surface area contributed by atoms with Gasteiger partial charge in [-0.15, -0.1) is 0 Å². The maximum Gasteiger partial charge on any atom is 0.338 e. The van der Waals surface area contributed by atoms with E-state index in [1.807, 2.05) is 0 Å². The fourth-order valence-electron chi connectivity index (χ4n) is 6.67. The SMILES string of the molecule is C=C1CC(OC(C)=O)C(=O)C(C)(C)/C=C/[C@H](C)[C@@H](OC(C)=O)[C@@]2(OC(C)=O)C[C@@H](C)[C@H](OC(=O)c3ccccc3)[C@@H]2[C@H]1OC(C)=O. The van der Waals surface area contributed by atoms with Crippen molar-refractivity contribution in [2.24, 2.45) is 23.2 Å². The molecular formula is C35H44O11. The minimum Gasteiger partial charge on any atom is -0.458 e. The molecule has 0 amide bonds. The van der Waals surface area contributed by atoms with Gasteiger partial charge in [0.2, 0.25) is 0 Å². The number of ether oxygens (including phenoxy) is 5. The molecule has 1 unspecified atom stereocenters. The van der Waals surface area contributed by atoms with Crippen LogP contribution in [-0.2, 0) is 47.7 Å². The molecule has 0 aromatic heterocycles. The number of rotatable bonds is 6. The van der Waals surface area contributed by atoms with Gasteiger partial charge < -0.3 is 23.7 Å². The Kier molecular flexibility index (Phi) is 11.4. The van der Waals surface area contributed by atoms with Crippen molar-refractivity contribution in [3.8, 4) is 0 Å². The molecule has 2 aliphatic rings. The smallest absolute Gasteiger partial charge is 0.338 e. The quantitative estimate of drug-likeness (QED) is 0.242. The summed E-state index contributed by atoms with van der Waals surface area (Å²) in [4.78, 5) is 77.7. The molecule has 0 N–H and O–H groups in total. The maximum atomic E-state index is 13.8. The van der Waals surface area contributed by atoms with Gasteiger partial charge in [0.05, 0.1) is 11.5 Å². The lowest BCUT2D eigenvalue weighted by molar-refractivity contribution is -0.209. The van der Waals surface area contributed by atoms with Gasteiger partial charge >= 0.3 is 29.8 Å². The first-order valence-corrected chi connectivity index (χ1v) is 15.3. The van der Waals surface area contributed by atoms with Crippen LogP contribution < -0.4 is 0 Å². The summed E-state index contributed by atoms with van der Waals surface area (Å²) in [5.41, 5.74) is -2.49. The molecule has 0 aliphatic heterocycles. The fourth-order valence-corrected chi connectivity index (χ4v) is 6.67. The van der Waals surface area contributed by atoms with Crippen LogP contribution in [0.3, 0.4) is 0 Å². The number of carbonyl (C=O) groups excluding carboxylic acids is 6. The van der Waals surface area contributed by atoms with Crippen molar-refractivity contribution in [2.75, 3.05) is 0 Å². The molecule has 1 aromatic rings. The van der Waals surface area contributed by atoms with Gasteiger partial charge in [-0.2, -0.15) is 0 Å². The van der Waals surface area contributed by atoms with E-state index in [9.17, 15) is 28.8 Å². The summed E-state index contributed by atoms with van der Waals surface area (Å²) in [6.07, 6.45) is -1.83. The highest BCUT2D eigenvalue weighted by molar-refractivity contribution is 5.92. The lowest BCUT2D eigenvalue weighted by atomic mass is 9.72. The van der Waals surface area contributed by atoms with Crippen LogP contribution in [-0.4, -0.2) is 65.6 Å². The van der Waals surface area contributed by atoms with Crippen LogP contribution in [0.5, 0.6) is 0 Å². The Morgan fingerprint density at radius 2 is 1.41 bits per heavy atom. The van der Waals surface area contributed by atoms with Crippen LogP contribution in [0.1, 0.15) is 78.6 Å². The van der Waals surface area contributed by atoms with Crippen molar-refractivity contribution in [2.45, 2.75) is 98.2 Å². The van der Waals surface area contributed by atoms with E-state index in [2.05, 4.69) is 6.58 Å².